The van der Waals surface area contributed by atoms with Crippen LogP contribution in [0.4, 0.5) is 0 Å². The average molecular weight is 277 g/mol. The van der Waals surface area contributed by atoms with Gasteiger partial charge in [-0.1, -0.05) is 29.8 Å². The highest BCUT2D eigenvalue weighted by Crippen LogP contribution is 2.04. The predicted octanol–water partition coefficient (Wildman–Crippen LogP) is 2.48. The van der Waals surface area contributed by atoms with Crippen LogP contribution in [0.2, 0.25) is 0 Å². The van der Waals surface area contributed by atoms with Gasteiger partial charge in [-0.25, -0.2) is 4.99 Å². The first-order chi connectivity index (χ1) is 9.76. The third-order valence-electron chi connectivity index (χ3n) is 2.85. The van der Waals surface area contributed by atoms with Crippen LogP contribution in [-0.2, 0) is 11.3 Å². The highest BCUT2D eigenvalue weighted by molar-refractivity contribution is 5.79. The number of ether oxygens (including phenoxy) is 1. The Morgan fingerprint density at radius 1 is 1.15 bits per heavy atom. The molecule has 112 valence electrons. The summed E-state index contributed by atoms with van der Waals surface area (Å²) in [6, 6.07) is 8.48. The molecule has 0 fully saturated rings. The van der Waals surface area contributed by atoms with Gasteiger partial charge in [0, 0.05) is 26.3 Å². The number of hydrogen-bond donors (Lipinski definition) is 2. The molecule has 4 nitrogen and oxygen atoms in total. The van der Waals surface area contributed by atoms with Crippen LogP contribution < -0.4 is 10.6 Å². The summed E-state index contributed by atoms with van der Waals surface area (Å²) >= 11 is 0. The maximum absolute atomic E-state index is 5.32. The van der Waals surface area contributed by atoms with E-state index in [1.165, 1.54) is 11.1 Å². The number of rotatable bonds is 8. The molecule has 0 unspecified atom stereocenters. The van der Waals surface area contributed by atoms with E-state index in [1.54, 1.807) is 0 Å². The van der Waals surface area contributed by atoms with Crippen molar-refractivity contribution in [3.63, 3.8) is 0 Å². The zero-order valence-corrected chi connectivity index (χ0v) is 12.9. The first kappa shape index (κ1) is 16.5. The van der Waals surface area contributed by atoms with Gasteiger partial charge in [0.1, 0.15) is 0 Å². The summed E-state index contributed by atoms with van der Waals surface area (Å²) in [6.07, 6.45) is 0.989. The van der Waals surface area contributed by atoms with Crippen LogP contribution in [-0.4, -0.2) is 32.3 Å². The van der Waals surface area contributed by atoms with Crippen LogP contribution in [0.1, 0.15) is 31.4 Å². The van der Waals surface area contributed by atoms with Crippen LogP contribution in [0.15, 0.2) is 29.3 Å². The van der Waals surface area contributed by atoms with Gasteiger partial charge in [-0.3, -0.25) is 0 Å². The maximum Gasteiger partial charge on any atom is 0.191 e. The molecule has 0 bridgehead atoms. The Morgan fingerprint density at radius 3 is 2.55 bits per heavy atom. The summed E-state index contributed by atoms with van der Waals surface area (Å²) < 4.78 is 5.32. The Bertz CT molecular complexity index is 387. The van der Waals surface area contributed by atoms with Gasteiger partial charge in [-0.05, 0) is 32.8 Å². The van der Waals surface area contributed by atoms with Crippen LogP contribution >= 0.6 is 0 Å². The van der Waals surface area contributed by atoms with E-state index >= 15 is 0 Å². The van der Waals surface area contributed by atoms with Crippen molar-refractivity contribution < 1.29 is 4.74 Å². The lowest BCUT2D eigenvalue weighted by Crippen LogP contribution is -2.38. The number of benzene rings is 1. The number of aryl methyl sites for hydroxylation is 1. The predicted molar refractivity (Wildman–Crippen MR) is 85.1 cm³/mol. The molecule has 1 rings (SSSR count). The monoisotopic (exact) mass is 277 g/mol. The van der Waals surface area contributed by atoms with Gasteiger partial charge >= 0.3 is 0 Å². The lowest BCUT2D eigenvalue weighted by molar-refractivity contribution is 0.145. The summed E-state index contributed by atoms with van der Waals surface area (Å²) in [5.74, 6) is 0.865. The van der Waals surface area contributed by atoms with E-state index in [0.717, 1.165) is 38.7 Å². The summed E-state index contributed by atoms with van der Waals surface area (Å²) in [4.78, 5) is 4.58. The lowest BCUT2D eigenvalue weighted by Gasteiger charge is -2.11. The largest absolute Gasteiger partial charge is 0.382 e. The van der Waals surface area contributed by atoms with Crippen LogP contribution in [0.3, 0.4) is 0 Å². The molecule has 0 heterocycles. The van der Waals surface area contributed by atoms with Crippen molar-refractivity contribution >= 4 is 5.96 Å². The molecular formula is C16H27N3O. The second-order valence-corrected chi connectivity index (χ2v) is 4.66. The lowest BCUT2D eigenvalue weighted by atomic mass is 10.1. The number of hydrogen-bond acceptors (Lipinski definition) is 2. The molecular weight excluding hydrogens is 250 g/mol. The minimum Gasteiger partial charge on any atom is -0.382 e. The molecule has 0 atom stereocenters. The van der Waals surface area contributed by atoms with E-state index in [2.05, 4.69) is 53.7 Å². The fourth-order valence-corrected chi connectivity index (χ4v) is 1.73. The fraction of sp³-hybridized carbons (Fsp3) is 0.562. The second kappa shape index (κ2) is 10.3. The highest BCUT2D eigenvalue weighted by Gasteiger charge is 1.97. The zero-order chi connectivity index (χ0) is 14.6. The van der Waals surface area contributed by atoms with Crippen molar-refractivity contribution in [3.05, 3.63) is 35.4 Å². The number of nitrogens with zero attached hydrogens (tertiary/aromatic N) is 1. The van der Waals surface area contributed by atoms with Gasteiger partial charge in [-0.15, -0.1) is 0 Å². The zero-order valence-electron chi connectivity index (χ0n) is 12.9. The van der Waals surface area contributed by atoms with E-state index in [-0.39, 0.29) is 0 Å². The summed E-state index contributed by atoms with van der Waals surface area (Å²) in [5, 5.41) is 6.57. The van der Waals surface area contributed by atoms with Crippen LogP contribution in [0.25, 0.3) is 0 Å². The fourth-order valence-electron chi connectivity index (χ4n) is 1.73. The Morgan fingerprint density at radius 2 is 1.90 bits per heavy atom. The quantitative estimate of drug-likeness (QED) is 0.436. The summed E-state index contributed by atoms with van der Waals surface area (Å²) in [6.45, 7) is 10.2. The van der Waals surface area contributed by atoms with Gasteiger partial charge in [0.15, 0.2) is 5.96 Å². The molecule has 0 spiro atoms. The van der Waals surface area contributed by atoms with E-state index in [9.17, 15) is 0 Å². The molecule has 1 aromatic carbocycles. The highest BCUT2D eigenvalue weighted by atomic mass is 16.5. The SMILES string of the molecule is CCNC(=NCc1ccc(C)cc1)NCCCOCC. The molecule has 1 aromatic rings. The third-order valence-corrected chi connectivity index (χ3v) is 2.85. The Kier molecular flexibility index (Phi) is 8.47. The van der Waals surface area contributed by atoms with Crippen molar-refractivity contribution in [2.75, 3.05) is 26.3 Å². The smallest absolute Gasteiger partial charge is 0.191 e. The molecule has 0 saturated carbocycles. The van der Waals surface area contributed by atoms with E-state index < -0.39 is 0 Å². The van der Waals surface area contributed by atoms with E-state index in [4.69, 9.17) is 4.74 Å². The normalized spacial score (nSPS) is 11.4. The molecule has 0 aliphatic rings. The number of aliphatic imine (C=N–C) groups is 1. The molecule has 0 aromatic heterocycles. The number of nitrogens with one attached hydrogen (secondary N) is 2. The third kappa shape index (κ3) is 7.14. The van der Waals surface area contributed by atoms with Gasteiger partial charge in [-0.2, -0.15) is 0 Å². The summed E-state index contributed by atoms with van der Waals surface area (Å²) in [5.41, 5.74) is 2.50. The van der Waals surface area contributed by atoms with E-state index in [1.807, 2.05) is 6.92 Å². The average Bonchev–Trinajstić information content (AvgIpc) is 2.46. The summed E-state index contributed by atoms with van der Waals surface area (Å²) in [7, 11) is 0. The van der Waals surface area contributed by atoms with Gasteiger partial charge in [0.2, 0.25) is 0 Å². The van der Waals surface area contributed by atoms with Crippen LogP contribution in [0.5, 0.6) is 0 Å². The van der Waals surface area contributed by atoms with Gasteiger partial charge in [0.05, 0.1) is 6.54 Å². The Labute approximate surface area is 122 Å². The number of guanidine groups is 1. The maximum atomic E-state index is 5.32. The molecule has 20 heavy (non-hydrogen) atoms. The van der Waals surface area contributed by atoms with Crippen LogP contribution in [0, 0.1) is 6.92 Å². The standard InChI is InChI=1S/C16H27N3O/c1-4-17-16(18-11-6-12-20-5-2)19-13-15-9-7-14(3)8-10-15/h7-10H,4-6,11-13H2,1-3H3,(H2,17,18,19). The minimum absolute atomic E-state index is 0.696. The molecule has 2 N–H and O–H groups in total. The topological polar surface area (TPSA) is 45.7 Å². The molecule has 0 saturated heterocycles. The molecule has 0 radical (unpaired) electrons. The first-order valence-electron chi connectivity index (χ1n) is 7.41. The Balaban J connectivity index is 2.39. The molecule has 0 aliphatic carbocycles. The van der Waals surface area contributed by atoms with Gasteiger partial charge in [0.25, 0.3) is 0 Å². The van der Waals surface area contributed by atoms with Crippen molar-refractivity contribution in [2.24, 2.45) is 4.99 Å². The first-order valence-corrected chi connectivity index (χ1v) is 7.41. The van der Waals surface area contributed by atoms with Crippen molar-refractivity contribution in [2.45, 2.75) is 33.7 Å². The Hall–Kier alpha value is -1.55. The van der Waals surface area contributed by atoms with Crippen molar-refractivity contribution in [3.8, 4) is 0 Å². The van der Waals surface area contributed by atoms with Crippen molar-refractivity contribution in [1.82, 2.24) is 10.6 Å². The van der Waals surface area contributed by atoms with E-state index in [0.29, 0.717) is 6.54 Å². The van der Waals surface area contributed by atoms with Gasteiger partial charge < -0.3 is 15.4 Å². The molecule has 0 aliphatic heterocycles. The van der Waals surface area contributed by atoms with Crippen molar-refractivity contribution in [1.29, 1.82) is 0 Å². The minimum atomic E-state index is 0.696. The molecule has 4 heteroatoms. The second-order valence-electron chi connectivity index (χ2n) is 4.66. The molecule has 0 amide bonds.